The first kappa shape index (κ1) is 20.9. The summed E-state index contributed by atoms with van der Waals surface area (Å²) in [5.74, 6) is -0.536. The Kier molecular flexibility index (Phi) is 7.61. The molecule has 142 valence electrons. The summed E-state index contributed by atoms with van der Waals surface area (Å²) in [5.41, 5.74) is 0.408. The average molecular weight is 418 g/mol. The SMILES string of the molecule is CCCCN1C(=O)C[C@H](C(=O)NCC)SC1=Nc1cc(Cl)c(O)c(Cl)c1. The van der Waals surface area contributed by atoms with E-state index in [1.807, 2.05) is 13.8 Å². The summed E-state index contributed by atoms with van der Waals surface area (Å²) in [6.45, 7) is 4.90. The molecule has 26 heavy (non-hydrogen) atoms. The van der Waals surface area contributed by atoms with Gasteiger partial charge < -0.3 is 10.4 Å². The smallest absolute Gasteiger partial charge is 0.234 e. The van der Waals surface area contributed by atoms with E-state index in [0.29, 0.717) is 23.9 Å². The number of carbonyl (C=O) groups excluding carboxylic acids is 2. The van der Waals surface area contributed by atoms with E-state index >= 15 is 0 Å². The van der Waals surface area contributed by atoms with Crippen LogP contribution in [0.1, 0.15) is 33.1 Å². The van der Waals surface area contributed by atoms with E-state index in [-0.39, 0.29) is 34.0 Å². The maximum Gasteiger partial charge on any atom is 0.234 e. The van der Waals surface area contributed by atoms with Crippen LogP contribution < -0.4 is 5.32 Å². The third kappa shape index (κ3) is 5.05. The minimum atomic E-state index is -0.526. The largest absolute Gasteiger partial charge is 0.505 e. The number of halogens is 2. The Morgan fingerprint density at radius 2 is 2.04 bits per heavy atom. The summed E-state index contributed by atoms with van der Waals surface area (Å²) in [7, 11) is 0. The van der Waals surface area contributed by atoms with Crippen LogP contribution in [-0.2, 0) is 9.59 Å². The van der Waals surface area contributed by atoms with Crippen molar-refractivity contribution < 1.29 is 14.7 Å². The number of phenols is 1. The van der Waals surface area contributed by atoms with Crippen molar-refractivity contribution in [1.29, 1.82) is 0 Å². The number of carbonyl (C=O) groups is 2. The summed E-state index contributed by atoms with van der Waals surface area (Å²) in [6.07, 6.45) is 1.89. The number of aromatic hydroxyl groups is 1. The van der Waals surface area contributed by atoms with Gasteiger partial charge in [-0.2, -0.15) is 0 Å². The summed E-state index contributed by atoms with van der Waals surface area (Å²) in [6, 6.07) is 2.93. The van der Waals surface area contributed by atoms with Crippen LogP contribution in [0.3, 0.4) is 0 Å². The van der Waals surface area contributed by atoms with Crippen LogP contribution in [0.4, 0.5) is 5.69 Å². The minimum Gasteiger partial charge on any atom is -0.505 e. The maximum absolute atomic E-state index is 12.6. The number of benzene rings is 1. The minimum absolute atomic E-state index is 0.0735. The molecule has 2 amide bonds. The number of unbranched alkanes of at least 4 members (excludes halogenated alkanes) is 1. The number of nitrogens with zero attached hydrogens (tertiary/aromatic N) is 2. The number of amidine groups is 1. The lowest BCUT2D eigenvalue weighted by Gasteiger charge is -2.31. The molecule has 1 aliphatic heterocycles. The van der Waals surface area contributed by atoms with E-state index < -0.39 is 5.25 Å². The number of nitrogens with one attached hydrogen (secondary N) is 1. The first-order valence-corrected chi connectivity index (χ1v) is 10.0. The highest BCUT2D eigenvalue weighted by atomic mass is 35.5. The third-order valence-corrected chi connectivity index (χ3v) is 5.51. The standard InChI is InChI=1S/C17H21Cl2N3O3S/c1-3-5-6-22-14(23)9-13(16(25)20-4-2)26-17(22)21-10-7-11(18)15(24)12(19)8-10/h7-8,13,24H,3-6,9H2,1-2H3,(H,20,25)/t13-/m1/s1. The molecule has 0 aromatic heterocycles. The molecule has 0 bridgehead atoms. The zero-order valence-electron chi connectivity index (χ0n) is 14.6. The fourth-order valence-electron chi connectivity index (χ4n) is 2.39. The second-order valence-electron chi connectivity index (χ2n) is 5.76. The van der Waals surface area contributed by atoms with Gasteiger partial charge in [0, 0.05) is 19.5 Å². The molecule has 0 aliphatic carbocycles. The van der Waals surface area contributed by atoms with E-state index in [1.54, 1.807) is 4.90 Å². The van der Waals surface area contributed by atoms with Crippen molar-refractivity contribution in [2.75, 3.05) is 13.1 Å². The van der Waals surface area contributed by atoms with Crippen LogP contribution in [0.5, 0.6) is 5.75 Å². The molecule has 1 saturated heterocycles. The summed E-state index contributed by atoms with van der Waals surface area (Å²) in [5, 5.41) is 12.5. The van der Waals surface area contributed by atoms with Crippen LogP contribution in [0.25, 0.3) is 0 Å². The van der Waals surface area contributed by atoms with Gasteiger partial charge in [0.1, 0.15) is 0 Å². The Labute approximate surface area is 166 Å². The predicted octanol–water partition coefficient (Wildman–Crippen LogP) is 3.96. The van der Waals surface area contributed by atoms with Crippen LogP contribution >= 0.6 is 35.0 Å². The monoisotopic (exact) mass is 417 g/mol. The molecule has 1 aromatic carbocycles. The number of phenolic OH excluding ortho intramolecular Hbond substituents is 1. The van der Waals surface area contributed by atoms with E-state index in [0.717, 1.165) is 12.8 Å². The molecule has 2 N–H and O–H groups in total. The molecule has 1 atom stereocenters. The highest BCUT2D eigenvalue weighted by molar-refractivity contribution is 8.15. The number of hydrogen-bond acceptors (Lipinski definition) is 5. The maximum atomic E-state index is 12.6. The van der Waals surface area contributed by atoms with Crippen LogP contribution in [0.2, 0.25) is 10.0 Å². The van der Waals surface area contributed by atoms with Gasteiger partial charge in [-0.05, 0) is 25.5 Å². The lowest BCUT2D eigenvalue weighted by molar-refractivity contribution is -0.130. The molecule has 0 unspecified atom stereocenters. The predicted molar refractivity (Wildman–Crippen MR) is 107 cm³/mol. The fourth-order valence-corrected chi connectivity index (χ4v) is 4.02. The Hall–Kier alpha value is -1.44. The van der Waals surface area contributed by atoms with Gasteiger partial charge in [0.25, 0.3) is 0 Å². The fraction of sp³-hybridized carbons (Fsp3) is 0.471. The molecule has 0 radical (unpaired) electrons. The van der Waals surface area contributed by atoms with Crippen molar-refractivity contribution in [2.45, 2.75) is 38.4 Å². The number of amides is 2. The second-order valence-corrected chi connectivity index (χ2v) is 7.74. The van der Waals surface area contributed by atoms with E-state index in [1.165, 1.54) is 23.9 Å². The van der Waals surface area contributed by atoms with Crippen molar-refractivity contribution in [3.05, 3.63) is 22.2 Å². The third-order valence-electron chi connectivity index (χ3n) is 3.74. The molecular weight excluding hydrogens is 397 g/mol. The molecule has 0 saturated carbocycles. The van der Waals surface area contributed by atoms with Gasteiger partial charge in [0.15, 0.2) is 10.9 Å². The zero-order chi connectivity index (χ0) is 19.3. The highest BCUT2D eigenvalue weighted by Crippen LogP contribution is 2.37. The Morgan fingerprint density at radius 3 is 2.62 bits per heavy atom. The molecule has 1 aliphatic rings. The topological polar surface area (TPSA) is 82.0 Å². The molecule has 2 rings (SSSR count). The van der Waals surface area contributed by atoms with Gasteiger partial charge in [-0.25, -0.2) is 4.99 Å². The summed E-state index contributed by atoms with van der Waals surface area (Å²) < 4.78 is 0. The van der Waals surface area contributed by atoms with Gasteiger partial charge in [-0.15, -0.1) is 0 Å². The molecule has 1 heterocycles. The first-order chi connectivity index (χ1) is 12.4. The van der Waals surface area contributed by atoms with Crippen molar-refractivity contribution in [1.82, 2.24) is 10.2 Å². The first-order valence-electron chi connectivity index (χ1n) is 8.38. The number of aliphatic imine (C=N–C) groups is 1. The number of thioether (sulfide) groups is 1. The van der Waals surface area contributed by atoms with E-state index in [9.17, 15) is 14.7 Å². The van der Waals surface area contributed by atoms with Crippen molar-refractivity contribution >= 4 is 57.6 Å². The Balaban J connectivity index is 2.36. The number of hydrogen-bond donors (Lipinski definition) is 2. The van der Waals surface area contributed by atoms with Crippen LogP contribution in [-0.4, -0.2) is 45.3 Å². The lowest BCUT2D eigenvalue weighted by atomic mass is 10.2. The highest BCUT2D eigenvalue weighted by Gasteiger charge is 2.35. The van der Waals surface area contributed by atoms with Gasteiger partial charge >= 0.3 is 0 Å². The summed E-state index contributed by atoms with van der Waals surface area (Å²) >= 11 is 13.1. The Bertz CT molecular complexity index is 704. The average Bonchev–Trinajstić information content (AvgIpc) is 2.59. The quantitative estimate of drug-likeness (QED) is 0.733. The summed E-state index contributed by atoms with van der Waals surface area (Å²) in [4.78, 5) is 30.8. The zero-order valence-corrected chi connectivity index (χ0v) is 16.9. The van der Waals surface area contributed by atoms with E-state index in [2.05, 4.69) is 10.3 Å². The molecule has 1 aromatic rings. The van der Waals surface area contributed by atoms with Gasteiger partial charge in [0.2, 0.25) is 11.8 Å². The van der Waals surface area contributed by atoms with Crippen LogP contribution in [0, 0.1) is 0 Å². The molecule has 0 spiro atoms. The Morgan fingerprint density at radius 1 is 1.38 bits per heavy atom. The van der Waals surface area contributed by atoms with Gasteiger partial charge in [-0.3, -0.25) is 14.5 Å². The van der Waals surface area contributed by atoms with Gasteiger partial charge in [-0.1, -0.05) is 48.3 Å². The number of rotatable bonds is 6. The normalized spacial score (nSPS) is 19.1. The molecule has 1 fully saturated rings. The molecular formula is C17H21Cl2N3O3S. The van der Waals surface area contributed by atoms with Crippen molar-refractivity contribution in [3.8, 4) is 5.75 Å². The van der Waals surface area contributed by atoms with Crippen LogP contribution in [0.15, 0.2) is 17.1 Å². The molecule has 6 nitrogen and oxygen atoms in total. The van der Waals surface area contributed by atoms with Crippen molar-refractivity contribution in [3.63, 3.8) is 0 Å². The van der Waals surface area contributed by atoms with Gasteiger partial charge in [0.05, 0.1) is 21.0 Å². The second kappa shape index (κ2) is 9.48. The lowest BCUT2D eigenvalue weighted by Crippen LogP contribution is -2.47. The van der Waals surface area contributed by atoms with Crippen molar-refractivity contribution in [2.24, 2.45) is 4.99 Å². The van der Waals surface area contributed by atoms with E-state index in [4.69, 9.17) is 23.2 Å². The molecule has 9 heteroatoms.